The molecular weight excluding hydrogens is 560 g/mol. The molecule has 0 N–H and O–H groups in total. The normalized spacial score (nSPS) is 11.1. The van der Waals surface area contributed by atoms with Crippen molar-refractivity contribution in [2.75, 3.05) is 0 Å². The van der Waals surface area contributed by atoms with E-state index in [4.69, 9.17) is 0 Å². The van der Waals surface area contributed by atoms with Gasteiger partial charge >= 0.3 is 0 Å². The van der Waals surface area contributed by atoms with Crippen LogP contribution in [-0.2, 0) is 14.1 Å². The van der Waals surface area contributed by atoms with Crippen molar-refractivity contribution in [3.8, 4) is 22.8 Å². The van der Waals surface area contributed by atoms with Gasteiger partial charge in [0.1, 0.15) is 0 Å². The Labute approximate surface area is 197 Å². The van der Waals surface area contributed by atoms with Gasteiger partial charge in [-0.15, -0.1) is 5.10 Å². The number of aromatic nitrogens is 6. The third-order valence-corrected chi connectivity index (χ3v) is 5.23. The van der Waals surface area contributed by atoms with Crippen LogP contribution in [0.25, 0.3) is 22.8 Å². The first kappa shape index (κ1) is 24.1. The Bertz CT molecular complexity index is 1170. The minimum atomic E-state index is -2.64. The Morgan fingerprint density at radius 3 is 1.66 bits per heavy atom. The lowest BCUT2D eigenvalue weighted by Gasteiger charge is -1.99. The predicted molar refractivity (Wildman–Crippen MR) is 118 cm³/mol. The molecule has 0 bridgehead atoms. The maximum Gasteiger partial charge on any atom is 0.299 e. The molecule has 0 aliphatic heterocycles. The molecule has 0 spiro atoms. The summed E-state index contributed by atoms with van der Waals surface area (Å²) in [6.07, 6.45) is -5.25. The van der Waals surface area contributed by atoms with Crippen LogP contribution >= 0.6 is 31.9 Å². The molecule has 0 fully saturated rings. The lowest BCUT2D eigenvalue weighted by molar-refractivity contribution is 0.135. The van der Waals surface area contributed by atoms with Crippen molar-refractivity contribution in [3.05, 3.63) is 69.1 Å². The second-order valence-electron chi connectivity index (χ2n) is 6.45. The molecule has 0 unspecified atom stereocenters. The van der Waals surface area contributed by atoms with Crippen LogP contribution in [-0.4, -0.2) is 29.5 Å². The van der Waals surface area contributed by atoms with Crippen molar-refractivity contribution in [2.24, 2.45) is 14.1 Å². The highest BCUT2D eigenvalue weighted by Crippen LogP contribution is 2.23. The molecule has 168 valence electrons. The Morgan fingerprint density at radius 2 is 1.22 bits per heavy atom. The van der Waals surface area contributed by atoms with Gasteiger partial charge < -0.3 is 0 Å². The molecule has 2 aromatic heterocycles. The van der Waals surface area contributed by atoms with E-state index in [0.29, 0.717) is 17.2 Å². The van der Waals surface area contributed by atoms with Crippen molar-refractivity contribution in [3.63, 3.8) is 0 Å². The van der Waals surface area contributed by atoms with Crippen molar-refractivity contribution in [1.82, 2.24) is 29.5 Å². The summed E-state index contributed by atoms with van der Waals surface area (Å²) in [5.74, 6) is -0.0218. The molecule has 0 atom stereocenters. The third-order valence-electron chi connectivity index (χ3n) is 4.17. The van der Waals surface area contributed by atoms with E-state index in [-0.39, 0.29) is 5.82 Å². The maximum absolute atomic E-state index is 12.5. The van der Waals surface area contributed by atoms with E-state index >= 15 is 0 Å². The molecule has 12 heteroatoms. The van der Waals surface area contributed by atoms with Crippen LogP contribution in [0, 0.1) is 0 Å². The zero-order chi connectivity index (χ0) is 23.4. The Balaban J connectivity index is 0.000000181. The van der Waals surface area contributed by atoms with E-state index in [9.17, 15) is 17.6 Å². The minimum Gasteiger partial charge on any atom is -0.248 e. The highest BCUT2D eigenvalue weighted by atomic mass is 79.9. The van der Waals surface area contributed by atoms with Gasteiger partial charge in [-0.05, 0) is 24.3 Å². The number of benzene rings is 2. The van der Waals surface area contributed by atoms with E-state index < -0.39 is 18.7 Å². The van der Waals surface area contributed by atoms with Gasteiger partial charge in [-0.25, -0.2) is 36.9 Å². The average molecular weight is 576 g/mol. The minimum absolute atomic E-state index is 0.310. The Hall–Kier alpha value is -2.60. The molecule has 0 aliphatic rings. The summed E-state index contributed by atoms with van der Waals surface area (Å²) in [4.78, 5) is 7.59. The van der Waals surface area contributed by atoms with Gasteiger partial charge in [0.2, 0.25) is 5.82 Å². The van der Waals surface area contributed by atoms with Crippen LogP contribution in [0.3, 0.4) is 0 Å². The largest absolute Gasteiger partial charge is 0.299 e. The summed E-state index contributed by atoms with van der Waals surface area (Å²) >= 11 is 6.60. The third kappa shape index (κ3) is 5.80. The average Bonchev–Trinajstić information content (AvgIpc) is 3.33. The lowest BCUT2D eigenvalue weighted by atomic mass is 10.2. The number of alkyl halides is 4. The Kier molecular flexibility index (Phi) is 7.77. The van der Waals surface area contributed by atoms with Crippen molar-refractivity contribution >= 4 is 31.9 Å². The van der Waals surface area contributed by atoms with E-state index in [0.717, 1.165) is 19.2 Å². The monoisotopic (exact) mass is 574 g/mol. The highest BCUT2D eigenvalue weighted by molar-refractivity contribution is 9.10. The smallest absolute Gasteiger partial charge is 0.248 e. The molecule has 0 aliphatic carbocycles. The second-order valence-corrected chi connectivity index (χ2v) is 8.28. The van der Waals surface area contributed by atoms with Gasteiger partial charge in [-0.2, -0.15) is 5.10 Å². The number of halogens is 6. The number of nitrogens with zero attached hydrogens (tertiary/aromatic N) is 6. The number of hydrogen-bond acceptors (Lipinski definition) is 4. The fourth-order valence-electron chi connectivity index (χ4n) is 2.65. The van der Waals surface area contributed by atoms with Crippen LogP contribution in [0.1, 0.15) is 24.5 Å². The molecule has 32 heavy (non-hydrogen) atoms. The van der Waals surface area contributed by atoms with E-state index in [2.05, 4.69) is 52.0 Å². The molecular formula is C20H16Br2F4N6. The van der Waals surface area contributed by atoms with Crippen LogP contribution in [0.2, 0.25) is 0 Å². The zero-order valence-electron chi connectivity index (χ0n) is 16.7. The fraction of sp³-hybridized carbons (Fsp3) is 0.200. The van der Waals surface area contributed by atoms with Gasteiger partial charge in [-0.3, -0.25) is 0 Å². The summed E-state index contributed by atoms with van der Waals surface area (Å²) < 4.78 is 54.1. The molecule has 4 aromatic rings. The maximum atomic E-state index is 12.5. The highest BCUT2D eigenvalue weighted by Gasteiger charge is 2.18. The molecule has 0 saturated carbocycles. The lowest BCUT2D eigenvalue weighted by Crippen LogP contribution is -1.98. The zero-order valence-corrected chi connectivity index (χ0v) is 19.9. The first-order valence-electron chi connectivity index (χ1n) is 9.05. The quantitative estimate of drug-likeness (QED) is 0.265. The van der Waals surface area contributed by atoms with Crippen molar-refractivity contribution < 1.29 is 17.6 Å². The van der Waals surface area contributed by atoms with Crippen LogP contribution in [0.4, 0.5) is 17.6 Å². The van der Waals surface area contributed by atoms with E-state index in [1.54, 1.807) is 31.3 Å². The van der Waals surface area contributed by atoms with Gasteiger partial charge in [0.05, 0.1) is 0 Å². The predicted octanol–water partition coefficient (Wildman–Crippen LogP) is 6.36. The molecule has 0 saturated heterocycles. The molecule has 0 radical (unpaired) electrons. The number of rotatable bonds is 4. The molecule has 4 rings (SSSR count). The molecule has 2 aromatic carbocycles. The van der Waals surface area contributed by atoms with Crippen LogP contribution < -0.4 is 0 Å². The summed E-state index contributed by atoms with van der Waals surface area (Å²) in [7, 11) is 3.05. The van der Waals surface area contributed by atoms with Crippen LogP contribution in [0.5, 0.6) is 0 Å². The number of aryl methyl sites for hydroxylation is 2. The standard InChI is InChI=1S/2C10H8BrF2N3/c1-16-10(14-9(15-16)8(12)13)6-2-4-7(11)5-3-6;1-16-10(8(12)13)14-9(15-16)6-2-4-7(11)5-3-6/h2*2-5,8H,1H3. The topological polar surface area (TPSA) is 61.4 Å². The second kappa shape index (κ2) is 10.3. The SMILES string of the molecule is Cn1nc(-c2ccc(Br)cc2)nc1C(F)F.Cn1nc(C(F)F)nc1-c1ccc(Br)cc1. The van der Waals surface area contributed by atoms with Gasteiger partial charge in [0, 0.05) is 34.2 Å². The van der Waals surface area contributed by atoms with Gasteiger partial charge in [-0.1, -0.05) is 56.1 Å². The van der Waals surface area contributed by atoms with Crippen molar-refractivity contribution in [1.29, 1.82) is 0 Å². The van der Waals surface area contributed by atoms with E-state index in [1.807, 2.05) is 24.3 Å². The van der Waals surface area contributed by atoms with Crippen molar-refractivity contribution in [2.45, 2.75) is 12.9 Å². The molecule has 0 amide bonds. The summed E-state index contributed by atoms with van der Waals surface area (Å²) in [5, 5.41) is 7.59. The first-order valence-corrected chi connectivity index (χ1v) is 10.6. The Morgan fingerprint density at radius 1 is 0.688 bits per heavy atom. The van der Waals surface area contributed by atoms with E-state index in [1.165, 1.54) is 11.7 Å². The fourth-order valence-corrected chi connectivity index (χ4v) is 3.18. The summed E-state index contributed by atoms with van der Waals surface area (Å²) in [5.41, 5.74) is 1.47. The summed E-state index contributed by atoms with van der Waals surface area (Å²) in [6, 6.07) is 14.4. The number of hydrogen-bond donors (Lipinski definition) is 0. The van der Waals surface area contributed by atoms with Gasteiger partial charge in [0.15, 0.2) is 17.5 Å². The first-order chi connectivity index (χ1) is 15.2. The van der Waals surface area contributed by atoms with Crippen LogP contribution in [0.15, 0.2) is 57.5 Å². The molecule has 6 nitrogen and oxygen atoms in total. The summed E-state index contributed by atoms with van der Waals surface area (Å²) in [6.45, 7) is 0. The van der Waals surface area contributed by atoms with Gasteiger partial charge in [0.25, 0.3) is 12.9 Å². The molecule has 2 heterocycles.